The zero-order chi connectivity index (χ0) is 24.1. The van der Waals surface area contributed by atoms with Crippen molar-refractivity contribution in [2.45, 2.75) is 20.4 Å². The van der Waals surface area contributed by atoms with Crippen LogP contribution in [0.5, 0.6) is 5.75 Å². The van der Waals surface area contributed by atoms with Crippen molar-refractivity contribution in [1.82, 2.24) is 20.1 Å². The van der Waals surface area contributed by atoms with Gasteiger partial charge < -0.3 is 10.1 Å². The number of benzene rings is 1. The Hall–Kier alpha value is -3.63. The predicted molar refractivity (Wildman–Crippen MR) is 133 cm³/mol. The SMILES string of the molecule is CC(=O)c1ccc(OCC(=O)NCCn2nc(-c3sc(-c4cccs4)nc3C)ccc2=O)cc1. The highest BCUT2D eigenvalue weighted by Crippen LogP contribution is 2.35. The van der Waals surface area contributed by atoms with Gasteiger partial charge in [0, 0.05) is 18.2 Å². The predicted octanol–water partition coefficient (Wildman–Crippen LogP) is 3.80. The van der Waals surface area contributed by atoms with Gasteiger partial charge in [-0.05, 0) is 55.6 Å². The van der Waals surface area contributed by atoms with Crippen LogP contribution in [0, 0.1) is 6.92 Å². The zero-order valence-electron chi connectivity index (χ0n) is 18.6. The molecule has 0 aliphatic carbocycles. The molecule has 4 rings (SSSR count). The first-order valence-corrected chi connectivity index (χ1v) is 12.2. The Morgan fingerprint density at radius 3 is 2.62 bits per heavy atom. The van der Waals surface area contributed by atoms with Crippen LogP contribution in [0.25, 0.3) is 20.5 Å². The van der Waals surface area contributed by atoms with Gasteiger partial charge in [-0.1, -0.05) is 6.07 Å². The van der Waals surface area contributed by atoms with Crippen LogP contribution in [0.15, 0.2) is 58.7 Å². The maximum Gasteiger partial charge on any atom is 0.266 e. The molecule has 1 amide bonds. The van der Waals surface area contributed by atoms with Crippen LogP contribution in [-0.2, 0) is 11.3 Å². The lowest BCUT2D eigenvalue weighted by molar-refractivity contribution is -0.123. The number of thiazole rings is 1. The van der Waals surface area contributed by atoms with Crippen LogP contribution in [0.2, 0.25) is 0 Å². The van der Waals surface area contributed by atoms with Crippen LogP contribution >= 0.6 is 22.7 Å². The normalized spacial score (nSPS) is 10.8. The third kappa shape index (κ3) is 5.64. The molecule has 1 aromatic carbocycles. The summed E-state index contributed by atoms with van der Waals surface area (Å²) in [6, 6.07) is 13.8. The van der Waals surface area contributed by atoms with Crippen molar-refractivity contribution in [2.75, 3.05) is 13.2 Å². The quantitative estimate of drug-likeness (QED) is 0.355. The van der Waals surface area contributed by atoms with Gasteiger partial charge in [0.05, 0.1) is 22.0 Å². The molecule has 0 unspecified atom stereocenters. The summed E-state index contributed by atoms with van der Waals surface area (Å²) in [6.07, 6.45) is 0. The number of carbonyl (C=O) groups is 2. The smallest absolute Gasteiger partial charge is 0.266 e. The third-order valence-electron chi connectivity index (χ3n) is 4.90. The molecule has 3 aromatic heterocycles. The van der Waals surface area contributed by atoms with Crippen molar-refractivity contribution in [2.24, 2.45) is 0 Å². The van der Waals surface area contributed by atoms with E-state index in [1.165, 1.54) is 29.0 Å². The van der Waals surface area contributed by atoms with Gasteiger partial charge in [-0.3, -0.25) is 14.4 Å². The van der Waals surface area contributed by atoms with E-state index >= 15 is 0 Å². The van der Waals surface area contributed by atoms with E-state index in [1.54, 1.807) is 41.7 Å². The van der Waals surface area contributed by atoms with Gasteiger partial charge in [0.15, 0.2) is 12.4 Å². The lowest BCUT2D eigenvalue weighted by Crippen LogP contribution is -2.34. The number of ether oxygens (including phenoxy) is 1. The Balaban J connectivity index is 1.34. The molecule has 3 heterocycles. The van der Waals surface area contributed by atoms with E-state index in [-0.39, 0.29) is 36.9 Å². The summed E-state index contributed by atoms with van der Waals surface area (Å²) < 4.78 is 6.77. The number of rotatable bonds is 9. The Morgan fingerprint density at radius 2 is 1.91 bits per heavy atom. The number of hydrogen-bond acceptors (Lipinski definition) is 8. The summed E-state index contributed by atoms with van der Waals surface area (Å²) in [6.45, 7) is 3.69. The van der Waals surface area contributed by atoms with Crippen LogP contribution in [0.3, 0.4) is 0 Å². The molecular formula is C24H22N4O4S2. The molecule has 10 heteroatoms. The molecule has 0 atom stereocenters. The molecular weight excluding hydrogens is 472 g/mol. The molecule has 0 fully saturated rings. The number of aryl methyl sites for hydroxylation is 1. The van der Waals surface area contributed by atoms with Gasteiger partial charge in [0.25, 0.3) is 11.5 Å². The third-order valence-corrected chi connectivity index (χ3v) is 7.12. The summed E-state index contributed by atoms with van der Waals surface area (Å²) in [5, 5.41) is 10.1. The number of nitrogens with zero attached hydrogens (tertiary/aromatic N) is 3. The average molecular weight is 495 g/mol. The molecule has 8 nitrogen and oxygen atoms in total. The Kier molecular flexibility index (Phi) is 7.29. The zero-order valence-corrected chi connectivity index (χ0v) is 20.2. The highest BCUT2D eigenvalue weighted by atomic mass is 32.1. The average Bonchev–Trinajstić information content (AvgIpc) is 3.49. The van der Waals surface area contributed by atoms with Gasteiger partial charge in [0.2, 0.25) is 0 Å². The van der Waals surface area contributed by atoms with Gasteiger partial charge in [-0.25, -0.2) is 9.67 Å². The van der Waals surface area contributed by atoms with Crippen molar-refractivity contribution >= 4 is 34.4 Å². The fourth-order valence-corrected chi connectivity index (χ4v) is 4.98. The van der Waals surface area contributed by atoms with Crippen LogP contribution < -0.4 is 15.6 Å². The molecule has 0 aliphatic heterocycles. The summed E-state index contributed by atoms with van der Waals surface area (Å²) in [7, 11) is 0. The van der Waals surface area contributed by atoms with Crippen molar-refractivity contribution < 1.29 is 14.3 Å². The molecule has 0 bridgehead atoms. The minimum absolute atomic E-state index is 0.0364. The van der Waals surface area contributed by atoms with E-state index in [9.17, 15) is 14.4 Å². The highest BCUT2D eigenvalue weighted by Gasteiger charge is 2.14. The highest BCUT2D eigenvalue weighted by molar-refractivity contribution is 7.23. The van der Waals surface area contributed by atoms with E-state index in [0.29, 0.717) is 17.0 Å². The first-order valence-electron chi connectivity index (χ1n) is 10.5. The van der Waals surface area contributed by atoms with E-state index in [0.717, 1.165) is 20.5 Å². The first-order chi connectivity index (χ1) is 16.4. The van der Waals surface area contributed by atoms with E-state index in [1.807, 2.05) is 24.4 Å². The molecule has 0 aliphatic rings. The van der Waals surface area contributed by atoms with Crippen molar-refractivity contribution in [3.63, 3.8) is 0 Å². The topological polar surface area (TPSA) is 103 Å². The maximum atomic E-state index is 12.3. The number of nitrogens with one attached hydrogen (secondary N) is 1. The number of hydrogen-bond donors (Lipinski definition) is 1. The standard InChI is InChI=1S/C24H22N4O4S2/c1-15-23(34-24(26-15)20-4-3-13-33-20)19-9-10-22(31)28(27-19)12-11-25-21(30)14-32-18-7-5-17(6-8-18)16(2)29/h3-10,13H,11-12,14H2,1-2H3,(H,25,30). The number of thiophene rings is 1. The van der Waals surface area contributed by atoms with Gasteiger partial charge >= 0.3 is 0 Å². The molecule has 34 heavy (non-hydrogen) atoms. The van der Waals surface area contributed by atoms with Crippen molar-refractivity contribution in [1.29, 1.82) is 0 Å². The Morgan fingerprint density at radius 1 is 1.12 bits per heavy atom. The fourth-order valence-electron chi connectivity index (χ4n) is 3.16. The monoisotopic (exact) mass is 494 g/mol. The second-order valence-electron chi connectivity index (χ2n) is 7.41. The van der Waals surface area contributed by atoms with Crippen molar-refractivity contribution in [3.05, 3.63) is 75.5 Å². The Bertz CT molecular complexity index is 1360. The number of Topliss-reactive ketones (excluding diaryl/α,β-unsaturated/α-hetero) is 1. The fraction of sp³-hybridized carbons (Fsp3) is 0.208. The second kappa shape index (κ2) is 10.5. The van der Waals surface area contributed by atoms with Gasteiger partial charge in [-0.15, -0.1) is 22.7 Å². The molecule has 4 aromatic rings. The van der Waals surface area contributed by atoms with E-state index < -0.39 is 0 Å². The number of ketones is 1. The van der Waals surface area contributed by atoms with E-state index in [2.05, 4.69) is 15.4 Å². The minimum atomic E-state index is -0.321. The summed E-state index contributed by atoms with van der Waals surface area (Å²) in [4.78, 5) is 42.3. The van der Waals surface area contributed by atoms with E-state index in [4.69, 9.17) is 4.74 Å². The first kappa shape index (κ1) is 23.5. The molecule has 1 N–H and O–H groups in total. The van der Waals surface area contributed by atoms with Crippen LogP contribution in [-0.4, -0.2) is 39.6 Å². The number of amides is 1. The lowest BCUT2D eigenvalue weighted by atomic mass is 10.1. The van der Waals surface area contributed by atoms with Crippen LogP contribution in [0.4, 0.5) is 0 Å². The van der Waals surface area contributed by atoms with Gasteiger partial charge in [0.1, 0.15) is 16.5 Å². The largest absolute Gasteiger partial charge is 0.484 e. The summed E-state index contributed by atoms with van der Waals surface area (Å²) in [5.41, 5.74) is 1.85. The Labute approximate surface area is 203 Å². The number of carbonyl (C=O) groups excluding carboxylic acids is 2. The summed E-state index contributed by atoms with van der Waals surface area (Å²) >= 11 is 3.16. The minimum Gasteiger partial charge on any atom is -0.484 e. The molecule has 0 saturated heterocycles. The van der Waals surface area contributed by atoms with Crippen LogP contribution in [0.1, 0.15) is 23.0 Å². The molecule has 0 radical (unpaired) electrons. The van der Waals surface area contributed by atoms with Crippen molar-refractivity contribution in [3.8, 4) is 26.2 Å². The summed E-state index contributed by atoms with van der Waals surface area (Å²) in [5.74, 6) is 0.136. The maximum absolute atomic E-state index is 12.3. The second-order valence-corrected chi connectivity index (χ2v) is 9.36. The molecule has 0 saturated carbocycles. The molecule has 174 valence electrons. The number of aromatic nitrogens is 3. The van der Waals surface area contributed by atoms with Gasteiger partial charge in [-0.2, -0.15) is 5.10 Å². The lowest BCUT2D eigenvalue weighted by Gasteiger charge is -2.09. The molecule has 0 spiro atoms.